The number of aromatic nitrogens is 2. The minimum Gasteiger partial charge on any atom is -0.411 e. The van der Waals surface area contributed by atoms with Crippen molar-refractivity contribution in [1.82, 2.24) is 10.3 Å². The highest BCUT2D eigenvalue weighted by Gasteiger charge is 2.35. The highest BCUT2D eigenvalue weighted by molar-refractivity contribution is 9.10. The molecule has 1 saturated heterocycles. The number of sulfone groups is 1. The predicted molar refractivity (Wildman–Crippen MR) is 86.3 cm³/mol. The summed E-state index contributed by atoms with van der Waals surface area (Å²) in [6.45, 7) is 0. The molecule has 0 saturated carbocycles. The first-order valence-corrected chi connectivity index (χ1v) is 9.66. The zero-order valence-electron chi connectivity index (χ0n) is 12.3. The molecule has 0 amide bonds. The van der Waals surface area contributed by atoms with E-state index in [2.05, 4.69) is 31.4 Å². The first kappa shape index (κ1) is 17.0. The van der Waals surface area contributed by atoms with Crippen molar-refractivity contribution in [1.29, 1.82) is 0 Å². The van der Waals surface area contributed by atoms with Crippen LogP contribution in [0.1, 0.15) is 17.0 Å². The lowest BCUT2D eigenvalue weighted by molar-refractivity contribution is 0.299. The first-order valence-electron chi connectivity index (χ1n) is 7.05. The third-order valence-corrected chi connectivity index (χ3v) is 6.33. The standard InChI is InChI=1S/C14H13BrFN3O4S/c15-10-3-8(1-2-11(10)16)4-12(17-20)14-13(18-23-19-14)5-9-6-24(21,22)7-9/h1-3,9,20H,4-7H2. The fourth-order valence-electron chi connectivity index (χ4n) is 2.63. The molecule has 1 N–H and O–H groups in total. The monoisotopic (exact) mass is 417 g/mol. The fourth-order valence-corrected chi connectivity index (χ4v) is 4.63. The molecule has 1 aliphatic heterocycles. The minimum absolute atomic E-state index is 0.0411. The maximum absolute atomic E-state index is 13.3. The molecule has 10 heteroatoms. The second-order valence-electron chi connectivity index (χ2n) is 5.68. The number of rotatable bonds is 5. The van der Waals surface area contributed by atoms with Gasteiger partial charge in [0, 0.05) is 12.8 Å². The van der Waals surface area contributed by atoms with E-state index in [9.17, 15) is 18.0 Å². The van der Waals surface area contributed by atoms with Crippen molar-refractivity contribution in [3.05, 3.63) is 45.4 Å². The summed E-state index contributed by atoms with van der Waals surface area (Å²) < 4.78 is 40.8. The maximum Gasteiger partial charge on any atom is 0.156 e. The predicted octanol–water partition coefficient (Wildman–Crippen LogP) is 1.98. The summed E-state index contributed by atoms with van der Waals surface area (Å²) in [5.74, 6) is -0.220. The van der Waals surface area contributed by atoms with Gasteiger partial charge in [-0.2, -0.15) is 0 Å². The van der Waals surface area contributed by atoms with Gasteiger partial charge in [-0.15, -0.1) is 0 Å². The smallest absolute Gasteiger partial charge is 0.156 e. The molecule has 0 radical (unpaired) electrons. The molecule has 1 aromatic carbocycles. The van der Waals surface area contributed by atoms with Gasteiger partial charge in [-0.25, -0.2) is 17.4 Å². The van der Waals surface area contributed by atoms with Crippen LogP contribution < -0.4 is 0 Å². The van der Waals surface area contributed by atoms with Gasteiger partial charge in [-0.3, -0.25) is 0 Å². The van der Waals surface area contributed by atoms with Crippen LogP contribution in [0.3, 0.4) is 0 Å². The Morgan fingerprint density at radius 2 is 2.17 bits per heavy atom. The fraction of sp³-hybridized carbons (Fsp3) is 0.357. The van der Waals surface area contributed by atoms with Gasteiger partial charge >= 0.3 is 0 Å². The van der Waals surface area contributed by atoms with Gasteiger partial charge < -0.3 is 5.21 Å². The number of nitrogens with zero attached hydrogens (tertiary/aromatic N) is 3. The van der Waals surface area contributed by atoms with Crippen molar-refractivity contribution < 1.29 is 22.6 Å². The van der Waals surface area contributed by atoms with Gasteiger partial charge in [-0.05, 0) is 44.7 Å². The summed E-state index contributed by atoms with van der Waals surface area (Å²) >= 11 is 3.10. The highest BCUT2D eigenvalue weighted by atomic mass is 79.9. The summed E-state index contributed by atoms with van der Waals surface area (Å²) in [7, 11) is -2.93. The van der Waals surface area contributed by atoms with E-state index in [1.807, 2.05) is 0 Å². The molecular formula is C14H13BrFN3O4S. The molecule has 3 rings (SSSR count). The maximum atomic E-state index is 13.3. The van der Waals surface area contributed by atoms with Crippen molar-refractivity contribution >= 4 is 31.5 Å². The topological polar surface area (TPSA) is 106 Å². The minimum atomic E-state index is -2.93. The lowest BCUT2D eigenvalue weighted by Crippen LogP contribution is -2.37. The average molecular weight is 418 g/mol. The van der Waals surface area contributed by atoms with Gasteiger partial charge in [0.2, 0.25) is 0 Å². The van der Waals surface area contributed by atoms with E-state index in [0.717, 1.165) is 0 Å². The van der Waals surface area contributed by atoms with E-state index < -0.39 is 15.7 Å². The van der Waals surface area contributed by atoms with Crippen LogP contribution in [0.5, 0.6) is 0 Å². The van der Waals surface area contributed by atoms with E-state index in [1.165, 1.54) is 6.07 Å². The van der Waals surface area contributed by atoms with Crippen molar-refractivity contribution in [3.63, 3.8) is 0 Å². The second-order valence-corrected chi connectivity index (χ2v) is 8.69. The quantitative estimate of drug-likeness (QED) is 0.452. The van der Waals surface area contributed by atoms with Crippen LogP contribution >= 0.6 is 15.9 Å². The van der Waals surface area contributed by atoms with Crippen LogP contribution in [-0.2, 0) is 22.7 Å². The first-order chi connectivity index (χ1) is 11.4. The van der Waals surface area contributed by atoms with Crippen molar-refractivity contribution in [2.75, 3.05) is 11.5 Å². The Kier molecular flexibility index (Phi) is 4.68. The molecule has 2 aromatic rings. The van der Waals surface area contributed by atoms with E-state index in [-0.39, 0.29) is 35.3 Å². The Balaban J connectivity index is 1.77. The van der Waals surface area contributed by atoms with Crippen LogP contribution in [0, 0.1) is 11.7 Å². The molecule has 1 aromatic heterocycles. The molecule has 128 valence electrons. The lowest BCUT2D eigenvalue weighted by atomic mass is 10.0. The molecule has 1 aliphatic rings. The molecule has 2 heterocycles. The van der Waals surface area contributed by atoms with Crippen LogP contribution in [0.4, 0.5) is 4.39 Å². The largest absolute Gasteiger partial charge is 0.411 e. The highest BCUT2D eigenvalue weighted by Crippen LogP contribution is 2.24. The molecule has 0 bridgehead atoms. The summed E-state index contributed by atoms with van der Waals surface area (Å²) in [6, 6.07) is 4.44. The number of benzene rings is 1. The van der Waals surface area contributed by atoms with E-state index in [1.54, 1.807) is 12.1 Å². The van der Waals surface area contributed by atoms with Gasteiger partial charge in [-0.1, -0.05) is 16.4 Å². The van der Waals surface area contributed by atoms with Gasteiger partial charge in [0.25, 0.3) is 0 Å². The van der Waals surface area contributed by atoms with Gasteiger partial charge in [0.15, 0.2) is 15.5 Å². The van der Waals surface area contributed by atoms with E-state index in [4.69, 9.17) is 4.63 Å². The number of hydrogen-bond donors (Lipinski definition) is 1. The summed E-state index contributed by atoms with van der Waals surface area (Å²) in [4.78, 5) is 0. The normalized spacial score (nSPS) is 17.7. The van der Waals surface area contributed by atoms with Crippen molar-refractivity contribution in [2.45, 2.75) is 12.8 Å². The molecule has 0 atom stereocenters. The number of halogens is 2. The Morgan fingerprint density at radius 3 is 2.79 bits per heavy atom. The van der Waals surface area contributed by atoms with Gasteiger partial charge in [0.1, 0.15) is 17.2 Å². The Bertz CT molecular complexity index is 885. The van der Waals surface area contributed by atoms with Crippen molar-refractivity contribution in [3.8, 4) is 0 Å². The third-order valence-electron chi connectivity index (χ3n) is 3.77. The van der Waals surface area contributed by atoms with Crippen LogP contribution in [0.2, 0.25) is 0 Å². The summed E-state index contributed by atoms with van der Waals surface area (Å²) in [5.41, 5.74) is 1.65. The van der Waals surface area contributed by atoms with Crippen LogP contribution in [-0.4, -0.2) is 41.2 Å². The van der Waals surface area contributed by atoms with Gasteiger partial charge in [0.05, 0.1) is 16.0 Å². The summed E-state index contributed by atoms with van der Waals surface area (Å²) in [6.07, 6.45) is 0.573. The summed E-state index contributed by atoms with van der Waals surface area (Å²) in [5, 5.41) is 20.1. The van der Waals surface area contributed by atoms with Crippen LogP contribution in [0.15, 0.2) is 32.5 Å². The zero-order valence-corrected chi connectivity index (χ0v) is 14.7. The number of hydrogen-bond acceptors (Lipinski definition) is 7. The second kappa shape index (κ2) is 6.60. The lowest BCUT2D eigenvalue weighted by Gasteiger charge is -2.24. The molecular weight excluding hydrogens is 405 g/mol. The zero-order chi connectivity index (χ0) is 17.3. The molecule has 0 aliphatic carbocycles. The molecule has 0 unspecified atom stereocenters. The third kappa shape index (κ3) is 3.64. The molecule has 1 fully saturated rings. The van der Waals surface area contributed by atoms with E-state index in [0.29, 0.717) is 22.2 Å². The molecule has 0 spiro atoms. The SMILES string of the molecule is O=S1(=O)CC(Cc2nonc2C(Cc2ccc(F)c(Br)c2)=NO)C1. The Labute approximate surface area is 145 Å². The Morgan fingerprint density at radius 1 is 1.42 bits per heavy atom. The Hall–Kier alpha value is -1.81. The number of oxime groups is 1. The molecule has 24 heavy (non-hydrogen) atoms. The van der Waals surface area contributed by atoms with E-state index >= 15 is 0 Å². The average Bonchev–Trinajstić information content (AvgIpc) is 2.94. The molecule has 7 nitrogen and oxygen atoms in total. The van der Waals surface area contributed by atoms with Crippen molar-refractivity contribution in [2.24, 2.45) is 11.1 Å². The van der Waals surface area contributed by atoms with Crippen LogP contribution in [0.25, 0.3) is 0 Å².